The molecule has 0 aromatic heterocycles. The third-order valence-corrected chi connectivity index (χ3v) is 4.22. The maximum absolute atomic E-state index is 2.53. The Morgan fingerprint density at radius 1 is 1.50 bits per heavy atom. The van der Waals surface area contributed by atoms with E-state index in [4.69, 9.17) is 0 Å². The van der Waals surface area contributed by atoms with Crippen molar-refractivity contribution in [2.24, 2.45) is 23.2 Å². The van der Waals surface area contributed by atoms with Gasteiger partial charge in [0.05, 0.1) is 0 Å². The van der Waals surface area contributed by atoms with E-state index in [1.54, 1.807) is 5.57 Å². The summed E-state index contributed by atoms with van der Waals surface area (Å²) in [5, 5.41) is 0. The number of allylic oxidation sites excluding steroid dienone is 4. The second kappa shape index (κ2) is 1.86. The summed E-state index contributed by atoms with van der Waals surface area (Å²) in [6, 6.07) is 0. The van der Waals surface area contributed by atoms with Gasteiger partial charge in [0, 0.05) is 0 Å². The first-order chi connectivity index (χ1) is 5.69. The topological polar surface area (TPSA) is 0 Å². The van der Waals surface area contributed by atoms with Crippen LogP contribution >= 0.6 is 0 Å². The maximum Gasteiger partial charge on any atom is -0.0103 e. The normalized spacial score (nSPS) is 54.5. The minimum absolute atomic E-state index is 0.559. The van der Waals surface area contributed by atoms with E-state index in [-0.39, 0.29) is 0 Å². The highest BCUT2D eigenvalue weighted by Crippen LogP contribution is 2.61. The largest absolute Gasteiger partial charge is 0.0842 e. The van der Waals surface area contributed by atoms with Crippen molar-refractivity contribution in [3.8, 4) is 0 Å². The summed E-state index contributed by atoms with van der Waals surface area (Å²) >= 11 is 0. The van der Waals surface area contributed by atoms with Crippen molar-refractivity contribution in [3.05, 3.63) is 23.8 Å². The van der Waals surface area contributed by atoms with E-state index in [1.165, 1.54) is 12.8 Å². The second-order valence-corrected chi connectivity index (χ2v) is 5.13. The van der Waals surface area contributed by atoms with Crippen LogP contribution in [0.2, 0.25) is 0 Å². The Balaban J connectivity index is 2.04. The van der Waals surface area contributed by atoms with Gasteiger partial charge in [0.2, 0.25) is 0 Å². The van der Waals surface area contributed by atoms with E-state index >= 15 is 0 Å². The molecule has 3 aliphatic rings. The zero-order chi connectivity index (χ0) is 8.34. The summed E-state index contributed by atoms with van der Waals surface area (Å²) in [4.78, 5) is 0. The predicted octanol–water partition coefficient (Wildman–Crippen LogP) is 3.16. The molecule has 0 aliphatic heterocycles. The molecule has 2 bridgehead atoms. The quantitative estimate of drug-likeness (QED) is 0.477. The van der Waals surface area contributed by atoms with Crippen molar-refractivity contribution in [1.82, 2.24) is 0 Å². The zero-order valence-corrected chi connectivity index (χ0v) is 7.88. The highest BCUT2D eigenvalue weighted by molar-refractivity contribution is 5.29. The van der Waals surface area contributed by atoms with Crippen molar-refractivity contribution < 1.29 is 0 Å². The molecule has 2 unspecified atom stereocenters. The van der Waals surface area contributed by atoms with Gasteiger partial charge in [-0.05, 0) is 42.9 Å². The van der Waals surface area contributed by atoms with E-state index < -0.39 is 0 Å². The predicted molar refractivity (Wildman–Crippen MR) is 50.7 cm³/mol. The molecular formula is C12H16. The molecular weight excluding hydrogens is 144 g/mol. The lowest BCUT2D eigenvalue weighted by Gasteiger charge is -2.28. The highest BCUT2D eigenvalue weighted by Gasteiger charge is 2.52. The molecule has 0 saturated heterocycles. The zero-order valence-electron chi connectivity index (χ0n) is 7.88. The molecule has 0 aromatic carbocycles. The van der Waals surface area contributed by atoms with E-state index in [9.17, 15) is 0 Å². The first-order valence-corrected chi connectivity index (χ1v) is 5.06. The van der Waals surface area contributed by atoms with Crippen LogP contribution in [-0.2, 0) is 0 Å². The van der Waals surface area contributed by atoms with Crippen molar-refractivity contribution in [2.45, 2.75) is 26.7 Å². The summed E-state index contributed by atoms with van der Waals surface area (Å²) < 4.78 is 0. The summed E-state index contributed by atoms with van der Waals surface area (Å²) in [5.74, 6) is 2.74. The van der Waals surface area contributed by atoms with Crippen molar-refractivity contribution in [3.63, 3.8) is 0 Å². The Morgan fingerprint density at radius 3 is 3.08 bits per heavy atom. The van der Waals surface area contributed by atoms with Gasteiger partial charge in [-0.3, -0.25) is 0 Å². The van der Waals surface area contributed by atoms with Crippen LogP contribution in [0.15, 0.2) is 23.8 Å². The summed E-state index contributed by atoms with van der Waals surface area (Å²) in [7, 11) is 0. The van der Waals surface area contributed by atoms with Crippen LogP contribution in [-0.4, -0.2) is 0 Å². The minimum Gasteiger partial charge on any atom is -0.0842 e. The molecule has 64 valence electrons. The van der Waals surface area contributed by atoms with Crippen molar-refractivity contribution in [2.75, 3.05) is 0 Å². The molecule has 1 saturated carbocycles. The Hall–Kier alpha value is -0.520. The van der Waals surface area contributed by atoms with Crippen LogP contribution < -0.4 is 0 Å². The molecule has 0 spiro atoms. The van der Waals surface area contributed by atoms with Crippen LogP contribution in [0.4, 0.5) is 0 Å². The summed E-state index contributed by atoms with van der Waals surface area (Å²) in [6.07, 6.45) is 10.2. The smallest absolute Gasteiger partial charge is 0.0103 e. The summed E-state index contributed by atoms with van der Waals surface area (Å²) in [5.41, 5.74) is 2.19. The van der Waals surface area contributed by atoms with Crippen LogP contribution in [0.5, 0.6) is 0 Å². The third-order valence-electron chi connectivity index (χ3n) is 4.22. The standard InChI is InChI=1S/C12H16/c1-8-5-10-9-3-4-12(2,7-9)11(10)6-8/h3-5,9-11H,6-7H2,1-2H3/t9-,10?,11?,12+/m0/s1. The highest BCUT2D eigenvalue weighted by atomic mass is 14.6. The van der Waals surface area contributed by atoms with Gasteiger partial charge in [-0.2, -0.15) is 0 Å². The Kier molecular flexibility index (Phi) is 1.08. The van der Waals surface area contributed by atoms with E-state index in [1.807, 2.05) is 0 Å². The van der Waals surface area contributed by atoms with Gasteiger partial charge in [-0.1, -0.05) is 30.7 Å². The van der Waals surface area contributed by atoms with Gasteiger partial charge in [-0.15, -0.1) is 0 Å². The van der Waals surface area contributed by atoms with Gasteiger partial charge < -0.3 is 0 Å². The van der Waals surface area contributed by atoms with Crippen molar-refractivity contribution in [1.29, 1.82) is 0 Å². The second-order valence-electron chi connectivity index (χ2n) is 5.13. The van der Waals surface area contributed by atoms with Crippen LogP contribution in [0, 0.1) is 23.2 Å². The van der Waals surface area contributed by atoms with E-state index in [2.05, 4.69) is 32.1 Å². The Morgan fingerprint density at radius 2 is 2.33 bits per heavy atom. The number of hydrogen-bond acceptors (Lipinski definition) is 0. The fourth-order valence-corrected chi connectivity index (χ4v) is 3.62. The van der Waals surface area contributed by atoms with Crippen LogP contribution in [0.3, 0.4) is 0 Å². The lowest BCUT2D eigenvalue weighted by Crippen LogP contribution is -2.21. The first-order valence-electron chi connectivity index (χ1n) is 5.06. The van der Waals surface area contributed by atoms with E-state index in [0.717, 1.165) is 17.8 Å². The molecule has 0 amide bonds. The number of fused-ring (bicyclic) bond motifs is 5. The molecule has 3 aliphatic carbocycles. The minimum atomic E-state index is 0.559. The molecule has 4 atom stereocenters. The number of rotatable bonds is 0. The molecule has 12 heavy (non-hydrogen) atoms. The average molecular weight is 160 g/mol. The molecule has 0 heterocycles. The molecule has 3 rings (SSSR count). The average Bonchev–Trinajstić information content (AvgIpc) is 2.57. The van der Waals surface area contributed by atoms with E-state index in [0.29, 0.717) is 5.41 Å². The Bertz CT molecular complexity index is 284. The van der Waals surface area contributed by atoms with Gasteiger partial charge in [-0.25, -0.2) is 0 Å². The molecule has 0 N–H and O–H groups in total. The first kappa shape index (κ1) is 6.94. The van der Waals surface area contributed by atoms with Crippen molar-refractivity contribution >= 4 is 0 Å². The lowest BCUT2D eigenvalue weighted by molar-refractivity contribution is 0.285. The SMILES string of the molecule is CC1=CC2C(C1)[C@]1(C)C=C[C@H]2C1. The van der Waals surface area contributed by atoms with Gasteiger partial charge in [0.1, 0.15) is 0 Å². The monoisotopic (exact) mass is 160 g/mol. The molecule has 0 radical (unpaired) electrons. The lowest BCUT2D eigenvalue weighted by atomic mass is 9.76. The molecule has 0 nitrogen and oxygen atoms in total. The number of hydrogen-bond donors (Lipinski definition) is 0. The van der Waals surface area contributed by atoms with Crippen LogP contribution in [0.1, 0.15) is 26.7 Å². The van der Waals surface area contributed by atoms with Gasteiger partial charge in [0.25, 0.3) is 0 Å². The molecule has 0 heteroatoms. The van der Waals surface area contributed by atoms with Gasteiger partial charge >= 0.3 is 0 Å². The maximum atomic E-state index is 2.53. The fraction of sp³-hybridized carbons (Fsp3) is 0.667. The Labute approximate surface area is 74.4 Å². The fourth-order valence-electron chi connectivity index (χ4n) is 3.62. The molecule has 0 aromatic rings. The molecule has 1 fully saturated rings. The summed E-state index contributed by atoms with van der Waals surface area (Å²) in [6.45, 7) is 4.74. The third kappa shape index (κ3) is 0.646. The van der Waals surface area contributed by atoms with Crippen LogP contribution in [0.25, 0.3) is 0 Å². The van der Waals surface area contributed by atoms with Gasteiger partial charge in [0.15, 0.2) is 0 Å².